The summed E-state index contributed by atoms with van der Waals surface area (Å²) in [5, 5.41) is 5.38. The Morgan fingerprint density at radius 1 is 1.53 bits per heavy atom. The third kappa shape index (κ3) is 4.19. The molecule has 0 saturated carbocycles. The molecule has 0 aliphatic heterocycles. The van der Waals surface area contributed by atoms with Gasteiger partial charge >= 0.3 is 6.03 Å². The fourth-order valence-electron chi connectivity index (χ4n) is 1.15. The Hall–Kier alpha value is -1.95. The number of hydrogen-bond acceptors (Lipinski definition) is 1. The lowest BCUT2D eigenvalue weighted by Gasteiger charge is -2.06. The molecule has 0 aliphatic rings. The number of terminal acetylenes is 1. The van der Waals surface area contributed by atoms with Gasteiger partial charge in [-0.15, -0.1) is 12.3 Å². The average Bonchev–Trinajstić information content (AvgIpc) is 2.18. The van der Waals surface area contributed by atoms with Gasteiger partial charge in [0.15, 0.2) is 0 Å². The van der Waals surface area contributed by atoms with E-state index in [2.05, 4.69) is 16.6 Å². The summed E-state index contributed by atoms with van der Waals surface area (Å²) in [6.45, 7) is 2.47. The van der Waals surface area contributed by atoms with Gasteiger partial charge in [0.2, 0.25) is 0 Å². The lowest BCUT2D eigenvalue weighted by Crippen LogP contribution is -2.29. The largest absolute Gasteiger partial charge is 0.337 e. The first kappa shape index (κ1) is 11.1. The van der Waals surface area contributed by atoms with Crippen molar-refractivity contribution >= 4 is 11.7 Å². The fraction of sp³-hybridized carbons (Fsp3) is 0.250. The number of rotatable bonds is 3. The van der Waals surface area contributed by atoms with E-state index in [9.17, 15) is 4.79 Å². The smallest absolute Gasteiger partial charge is 0.319 e. The van der Waals surface area contributed by atoms with Gasteiger partial charge in [-0.25, -0.2) is 4.79 Å². The maximum Gasteiger partial charge on any atom is 0.319 e. The van der Waals surface area contributed by atoms with Crippen molar-refractivity contribution in [3.63, 3.8) is 0 Å². The molecule has 1 aromatic carbocycles. The van der Waals surface area contributed by atoms with Crippen molar-refractivity contribution in [3.05, 3.63) is 29.8 Å². The van der Waals surface area contributed by atoms with Crippen molar-refractivity contribution < 1.29 is 4.79 Å². The zero-order chi connectivity index (χ0) is 11.1. The van der Waals surface area contributed by atoms with Crippen LogP contribution in [0.25, 0.3) is 0 Å². The second-order valence-corrected chi connectivity index (χ2v) is 3.20. The molecule has 0 saturated heterocycles. The highest BCUT2D eigenvalue weighted by Crippen LogP contribution is 2.08. The predicted octanol–water partition coefficient (Wildman–Crippen LogP) is 2.14. The van der Waals surface area contributed by atoms with Gasteiger partial charge in [0.1, 0.15) is 0 Å². The number of carbonyl (C=O) groups is 1. The van der Waals surface area contributed by atoms with E-state index in [0.717, 1.165) is 11.3 Å². The standard InChI is InChI=1S/C12H14N2O/c1-3-4-8-13-12(15)14-11-7-5-6-10(2)9-11/h1,5-7,9H,4,8H2,2H3,(H2,13,14,15). The maximum absolute atomic E-state index is 11.3. The fourth-order valence-corrected chi connectivity index (χ4v) is 1.15. The van der Waals surface area contributed by atoms with Crippen LogP contribution in [-0.2, 0) is 0 Å². The predicted molar refractivity (Wildman–Crippen MR) is 61.7 cm³/mol. The molecule has 78 valence electrons. The van der Waals surface area contributed by atoms with Crippen LogP contribution in [0.2, 0.25) is 0 Å². The first-order valence-corrected chi connectivity index (χ1v) is 4.77. The summed E-state index contributed by atoms with van der Waals surface area (Å²) in [5.74, 6) is 2.45. The lowest BCUT2D eigenvalue weighted by molar-refractivity contribution is 0.252. The summed E-state index contributed by atoms with van der Waals surface area (Å²) in [6, 6.07) is 7.39. The van der Waals surface area contributed by atoms with Crippen LogP contribution in [0.4, 0.5) is 10.5 Å². The normalized spacial score (nSPS) is 9.07. The number of nitrogens with one attached hydrogen (secondary N) is 2. The summed E-state index contributed by atoms with van der Waals surface area (Å²) >= 11 is 0. The molecule has 3 nitrogen and oxygen atoms in total. The van der Waals surface area contributed by atoms with Crippen molar-refractivity contribution in [1.29, 1.82) is 0 Å². The zero-order valence-corrected chi connectivity index (χ0v) is 8.71. The zero-order valence-electron chi connectivity index (χ0n) is 8.71. The van der Waals surface area contributed by atoms with E-state index < -0.39 is 0 Å². The minimum absolute atomic E-state index is 0.226. The molecule has 0 fully saturated rings. The minimum atomic E-state index is -0.226. The summed E-state index contributed by atoms with van der Waals surface area (Å²) in [6.07, 6.45) is 5.61. The molecule has 0 unspecified atom stereocenters. The number of amides is 2. The number of benzene rings is 1. The Balaban J connectivity index is 2.42. The summed E-state index contributed by atoms with van der Waals surface area (Å²) in [5.41, 5.74) is 1.89. The molecular formula is C12H14N2O. The van der Waals surface area contributed by atoms with Gasteiger partial charge in [-0.05, 0) is 24.6 Å². The maximum atomic E-state index is 11.3. The molecule has 2 amide bonds. The molecule has 3 heteroatoms. The number of urea groups is 1. The number of carbonyl (C=O) groups excluding carboxylic acids is 1. The van der Waals surface area contributed by atoms with E-state index >= 15 is 0 Å². The van der Waals surface area contributed by atoms with Crippen LogP contribution in [-0.4, -0.2) is 12.6 Å². The number of aryl methyl sites for hydroxylation is 1. The van der Waals surface area contributed by atoms with Crippen LogP contribution in [0.5, 0.6) is 0 Å². The second kappa shape index (κ2) is 5.71. The van der Waals surface area contributed by atoms with Crippen LogP contribution in [0.15, 0.2) is 24.3 Å². The molecule has 2 N–H and O–H groups in total. The molecule has 0 heterocycles. The molecule has 0 radical (unpaired) electrons. The highest BCUT2D eigenvalue weighted by molar-refractivity contribution is 5.89. The first-order chi connectivity index (χ1) is 7.22. The van der Waals surface area contributed by atoms with Gasteiger partial charge in [0.05, 0.1) is 0 Å². The van der Waals surface area contributed by atoms with Crippen LogP contribution in [0, 0.1) is 19.3 Å². The molecule has 15 heavy (non-hydrogen) atoms. The Bertz CT molecular complexity index is 379. The van der Waals surface area contributed by atoms with E-state index in [1.54, 1.807) is 0 Å². The number of hydrogen-bond donors (Lipinski definition) is 2. The first-order valence-electron chi connectivity index (χ1n) is 4.77. The quantitative estimate of drug-likeness (QED) is 0.572. The topological polar surface area (TPSA) is 41.1 Å². The van der Waals surface area contributed by atoms with Crippen LogP contribution in [0.3, 0.4) is 0 Å². The molecule has 0 spiro atoms. The summed E-state index contributed by atoms with van der Waals surface area (Å²) < 4.78 is 0. The molecule has 1 aromatic rings. The third-order valence-electron chi connectivity index (χ3n) is 1.83. The molecule has 0 aromatic heterocycles. The highest BCUT2D eigenvalue weighted by Gasteiger charge is 1.99. The van der Waals surface area contributed by atoms with E-state index in [1.807, 2.05) is 31.2 Å². The molecular weight excluding hydrogens is 188 g/mol. The summed E-state index contributed by atoms with van der Waals surface area (Å²) in [4.78, 5) is 11.3. The van der Waals surface area contributed by atoms with Crippen LogP contribution < -0.4 is 10.6 Å². The van der Waals surface area contributed by atoms with Crippen molar-refractivity contribution in [2.45, 2.75) is 13.3 Å². The second-order valence-electron chi connectivity index (χ2n) is 3.20. The monoisotopic (exact) mass is 202 g/mol. The molecule has 0 bridgehead atoms. The van der Waals surface area contributed by atoms with Crippen molar-refractivity contribution in [2.24, 2.45) is 0 Å². The van der Waals surface area contributed by atoms with Crippen molar-refractivity contribution in [1.82, 2.24) is 5.32 Å². The van der Waals surface area contributed by atoms with Crippen LogP contribution >= 0.6 is 0 Å². The van der Waals surface area contributed by atoms with Gasteiger partial charge in [-0.1, -0.05) is 12.1 Å². The molecule has 0 atom stereocenters. The van der Waals surface area contributed by atoms with E-state index in [4.69, 9.17) is 6.42 Å². The summed E-state index contributed by atoms with van der Waals surface area (Å²) in [7, 11) is 0. The Kier molecular flexibility index (Phi) is 4.24. The average molecular weight is 202 g/mol. The van der Waals surface area contributed by atoms with E-state index in [0.29, 0.717) is 13.0 Å². The SMILES string of the molecule is C#CCCNC(=O)Nc1cccc(C)c1. The lowest BCUT2D eigenvalue weighted by atomic mass is 10.2. The Morgan fingerprint density at radius 2 is 2.33 bits per heavy atom. The van der Waals surface area contributed by atoms with E-state index in [1.165, 1.54) is 0 Å². The van der Waals surface area contributed by atoms with E-state index in [-0.39, 0.29) is 6.03 Å². The van der Waals surface area contributed by atoms with Crippen molar-refractivity contribution in [3.8, 4) is 12.3 Å². The minimum Gasteiger partial charge on any atom is -0.337 e. The van der Waals surface area contributed by atoms with Crippen molar-refractivity contribution in [2.75, 3.05) is 11.9 Å². The van der Waals surface area contributed by atoms with Gasteiger partial charge < -0.3 is 10.6 Å². The van der Waals surface area contributed by atoms with Gasteiger partial charge in [-0.2, -0.15) is 0 Å². The Morgan fingerprint density at radius 3 is 3.00 bits per heavy atom. The van der Waals surface area contributed by atoms with Gasteiger partial charge in [0.25, 0.3) is 0 Å². The van der Waals surface area contributed by atoms with Crippen LogP contribution in [0.1, 0.15) is 12.0 Å². The molecule has 0 aliphatic carbocycles. The van der Waals surface area contributed by atoms with Gasteiger partial charge in [-0.3, -0.25) is 0 Å². The highest BCUT2D eigenvalue weighted by atomic mass is 16.2. The van der Waals surface area contributed by atoms with Gasteiger partial charge in [0, 0.05) is 18.7 Å². The number of anilines is 1. The molecule has 1 rings (SSSR count). The third-order valence-corrected chi connectivity index (χ3v) is 1.83. The Labute approximate surface area is 89.9 Å².